The Balaban J connectivity index is 1.48. The molecule has 2 heterocycles. The van der Waals surface area contributed by atoms with Crippen molar-refractivity contribution in [3.05, 3.63) is 58.9 Å². The van der Waals surface area contributed by atoms with Gasteiger partial charge in [0.2, 0.25) is 11.8 Å². The van der Waals surface area contributed by atoms with Gasteiger partial charge in [-0.2, -0.15) is 0 Å². The predicted molar refractivity (Wildman–Crippen MR) is 136 cm³/mol. The number of aromatic nitrogens is 1. The van der Waals surface area contributed by atoms with Crippen LogP contribution in [-0.2, 0) is 16.0 Å². The molecule has 1 aliphatic carbocycles. The summed E-state index contributed by atoms with van der Waals surface area (Å²) in [5.41, 5.74) is 4.69. The van der Waals surface area contributed by atoms with E-state index in [2.05, 4.69) is 22.5 Å². The average Bonchev–Trinajstić information content (AvgIpc) is 3.61. The monoisotopic (exact) mass is 459 g/mol. The van der Waals surface area contributed by atoms with Crippen LogP contribution in [0.2, 0.25) is 0 Å². The number of rotatable bonds is 8. The van der Waals surface area contributed by atoms with Gasteiger partial charge in [-0.1, -0.05) is 31.2 Å². The molecule has 0 spiro atoms. The van der Waals surface area contributed by atoms with Crippen LogP contribution < -0.4 is 15.5 Å². The molecule has 2 fully saturated rings. The van der Waals surface area contributed by atoms with Crippen LogP contribution in [0.1, 0.15) is 49.9 Å². The van der Waals surface area contributed by atoms with Crippen LogP contribution in [0.4, 0.5) is 11.5 Å². The quantitative estimate of drug-likeness (QED) is 0.512. The van der Waals surface area contributed by atoms with Crippen LogP contribution in [0.25, 0.3) is 5.57 Å². The number of benzene rings is 1. The van der Waals surface area contributed by atoms with Gasteiger partial charge in [0.15, 0.2) is 0 Å². The molecule has 2 amide bonds. The molecule has 1 aromatic heterocycles. The maximum Gasteiger partial charge on any atom is 0.233 e. The Kier molecular flexibility index (Phi) is 6.55. The lowest BCUT2D eigenvalue weighted by Gasteiger charge is -2.23. The van der Waals surface area contributed by atoms with Gasteiger partial charge >= 0.3 is 0 Å². The van der Waals surface area contributed by atoms with Crippen molar-refractivity contribution in [2.75, 3.05) is 23.8 Å². The highest BCUT2D eigenvalue weighted by Gasteiger charge is 2.52. The number of anilines is 2. The number of hydrogen-bond acceptors (Lipinski definition) is 5. The molecular formula is C27H33N5O2. The molecule has 7 nitrogen and oxygen atoms in total. The van der Waals surface area contributed by atoms with E-state index in [9.17, 15) is 9.59 Å². The van der Waals surface area contributed by atoms with Gasteiger partial charge in [-0.15, -0.1) is 0 Å². The van der Waals surface area contributed by atoms with E-state index >= 15 is 0 Å². The Morgan fingerprint density at radius 1 is 1.29 bits per heavy atom. The smallest absolute Gasteiger partial charge is 0.233 e. The summed E-state index contributed by atoms with van der Waals surface area (Å²) in [6, 6.07) is 11.4. The predicted octanol–water partition coefficient (Wildman–Crippen LogP) is 4.32. The lowest BCUT2D eigenvalue weighted by atomic mass is 9.83. The van der Waals surface area contributed by atoms with Crippen LogP contribution in [-0.4, -0.2) is 36.6 Å². The summed E-state index contributed by atoms with van der Waals surface area (Å²) in [6.07, 6.45) is 4.65. The van der Waals surface area contributed by atoms with E-state index in [0.29, 0.717) is 18.3 Å². The van der Waals surface area contributed by atoms with Gasteiger partial charge in [0.05, 0.1) is 11.8 Å². The molecule has 0 radical (unpaired) electrons. The summed E-state index contributed by atoms with van der Waals surface area (Å²) in [5, 5.41) is 13.7. The maximum absolute atomic E-state index is 13.2. The number of carbonyl (C=O) groups excluding carboxylic acids is 2. The summed E-state index contributed by atoms with van der Waals surface area (Å²) in [7, 11) is 1.82. The number of amides is 2. The van der Waals surface area contributed by atoms with Gasteiger partial charge in [-0.25, -0.2) is 4.98 Å². The third-order valence-electron chi connectivity index (χ3n) is 7.11. The Hall–Kier alpha value is -3.48. The second-order valence-electron chi connectivity index (χ2n) is 9.61. The summed E-state index contributed by atoms with van der Waals surface area (Å²) < 4.78 is 0. The first-order valence-electron chi connectivity index (χ1n) is 11.8. The van der Waals surface area contributed by atoms with E-state index in [1.165, 1.54) is 6.21 Å². The molecule has 3 N–H and O–H groups in total. The standard InChI is InChI=1S/C27H33N5O2/c1-17-12-22(32-11-10-27(3,26(32)34)21-8-9-21)15-24(30-17)31-25(33)14-19-6-5-7-20(13-19)23(16-28)18(2)29-4/h5-7,12-13,15-16,21,28-29H,8-11,14H2,1-4H3,(H,30,31,33)/b23-18+,28-16?/t27-/m0/s1. The highest BCUT2D eigenvalue weighted by Crippen LogP contribution is 2.52. The molecule has 1 atom stereocenters. The van der Waals surface area contributed by atoms with Crippen molar-refractivity contribution in [2.24, 2.45) is 11.3 Å². The first kappa shape index (κ1) is 23.7. The van der Waals surface area contributed by atoms with E-state index in [0.717, 1.165) is 53.0 Å². The second kappa shape index (κ2) is 9.41. The van der Waals surface area contributed by atoms with Gasteiger partial charge in [0.25, 0.3) is 0 Å². The molecule has 1 saturated heterocycles. The molecule has 1 aromatic carbocycles. The summed E-state index contributed by atoms with van der Waals surface area (Å²) in [5.74, 6) is 0.960. The number of pyridine rings is 1. The number of nitrogens with zero attached hydrogens (tertiary/aromatic N) is 2. The van der Waals surface area contributed by atoms with Gasteiger partial charge in [-0.05, 0) is 56.2 Å². The fraction of sp³-hybridized carbons (Fsp3) is 0.407. The molecule has 2 aliphatic rings. The zero-order chi connectivity index (χ0) is 24.5. The topological polar surface area (TPSA) is 98.2 Å². The van der Waals surface area contributed by atoms with Crippen molar-refractivity contribution >= 4 is 35.1 Å². The SMILES string of the molecule is CN/C(C)=C(\C=N)c1cccc(CC(=O)Nc2cc(N3CC[C@@](C)(C4CC4)C3=O)cc(C)n2)c1. The zero-order valence-corrected chi connectivity index (χ0v) is 20.4. The molecule has 2 aromatic rings. The summed E-state index contributed by atoms with van der Waals surface area (Å²) >= 11 is 0. The van der Waals surface area contributed by atoms with E-state index in [4.69, 9.17) is 5.41 Å². The number of carbonyl (C=O) groups is 2. The van der Waals surface area contributed by atoms with Crippen LogP contribution in [0, 0.1) is 23.7 Å². The third kappa shape index (κ3) is 4.74. The Labute approximate surface area is 201 Å². The largest absolute Gasteiger partial charge is 0.391 e. The van der Waals surface area contributed by atoms with Crippen molar-refractivity contribution in [2.45, 2.75) is 46.5 Å². The molecule has 4 rings (SSSR count). The van der Waals surface area contributed by atoms with Gasteiger partial charge in [0.1, 0.15) is 5.82 Å². The lowest BCUT2D eigenvalue weighted by Crippen LogP contribution is -2.34. The Bertz CT molecular complexity index is 1170. The fourth-order valence-electron chi connectivity index (χ4n) is 4.84. The second-order valence-corrected chi connectivity index (χ2v) is 9.61. The van der Waals surface area contributed by atoms with E-state index < -0.39 is 0 Å². The van der Waals surface area contributed by atoms with Crippen LogP contribution in [0.3, 0.4) is 0 Å². The summed E-state index contributed by atoms with van der Waals surface area (Å²) in [6.45, 7) is 6.58. The molecule has 0 bridgehead atoms. The number of allylic oxidation sites excluding steroid dienone is 2. The maximum atomic E-state index is 13.2. The Morgan fingerprint density at radius 3 is 2.74 bits per heavy atom. The van der Waals surface area contributed by atoms with Gasteiger partial charge in [-0.3, -0.25) is 9.59 Å². The number of aryl methyl sites for hydroxylation is 1. The number of hydrogen-bond donors (Lipinski definition) is 3. The first-order chi connectivity index (χ1) is 16.2. The van der Waals surface area contributed by atoms with Crippen LogP contribution in [0.15, 0.2) is 42.1 Å². The molecule has 34 heavy (non-hydrogen) atoms. The third-order valence-corrected chi connectivity index (χ3v) is 7.11. The lowest BCUT2D eigenvalue weighted by molar-refractivity contribution is -0.125. The van der Waals surface area contributed by atoms with E-state index in [1.54, 1.807) is 6.07 Å². The molecule has 178 valence electrons. The van der Waals surface area contributed by atoms with Crippen LogP contribution in [0.5, 0.6) is 0 Å². The molecule has 0 unspecified atom stereocenters. The van der Waals surface area contributed by atoms with E-state index in [1.807, 2.05) is 56.1 Å². The highest BCUT2D eigenvalue weighted by molar-refractivity contribution is 6.09. The van der Waals surface area contributed by atoms with Gasteiger partial charge < -0.3 is 20.9 Å². The molecule has 1 aliphatic heterocycles. The van der Waals surface area contributed by atoms with Crippen molar-refractivity contribution in [3.63, 3.8) is 0 Å². The summed E-state index contributed by atoms with van der Waals surface area (Å²) in [4.78, 5) is 32.3. The van der Waals surface area contributed by atoms with E-state index in [-0.39, 0.29) is 23.7 Å². The van der Waals surface area contributed by atoms with Crippen molar-refractivity contribution < 1.29 is 9.59 Å². The average molecular weight is 460 g/mol. The minimum absolute atomic E-state index is 0.178. The van der Waals surface area contributed by atoms with Gasteiger partial charge in [0, 0.05) is 48.5 Å². The van der Waals surface area contributed by atoms with Crippen LogP contribution >= 0.6 is 0 Å². The van der Waals surface area contributed by atoms with Crippen molar-refractivity contribution in [1.29, 1.82) is 5.41 Å². The molecule has 1 saturated carbocycles. The molecular weight excluding hydrogens is 426 g/mol. The minimum atomic E-state index is -0.263. The fourth-order valence-corrected chi connectivity index (χ4v) is 4.84. The number of nitrogens with one attached hydrogen (secondary N) is 3. The minimum Gasteiger partial charge on any atom is -0.391 e. The zero-order valence-electron chi connectivity index (χ0n) is 20.4. The normalized spacial score (nSPS) is 20.7. The molecule has 7 heteroatoms. The van der Waals surface area contributed by atoms with Crippen molar-refractivity contribution in [3.8, 4) is 0 Å². The Morgan fingerprint density at radius 2 is 2.06 bits per heavy atom. The van der Waals surface area contributed by atoms with Crippen molar-refractivity contribution in [1.82, 2.24) is 10.3 Å². The first-order valence-corrected chi connectivity index (χ1v) is 11.8. The highest BCUT2D eigenvalue weighted by atomic mass is 16.2.